The van der Waals surface area contributed by atoms with Crippen molar-refractivity contribution in [1.82, 2.24) is 19.6 Å². The number of hydrogen-bond donors (Lipinski definition) is 1. The molecule has 2 heterocycles. The highest BCUT2D eigenvalue weighted by Gasteiger charge is 2.31. The van der Waals surface area contributed by atoms with Crippen molar-refractivity contribution >= 4 is 11.9 Å². The first-order valence-corrected chi connectivity index (χ1v) is 9.10. The van der Waals surface area contributed by atoms with E-state index in [1.165, 1.54) is 23.1 Å². The SMILES string of the molecule is CC(C(=O)N1CCN(Cc2cccc(C(F)(F)F)c2)CC1)n1cc(C(=O)O)cn1. The Morgan fingerprint density at radius 3 is 2.48 bits per heavy atom. The van der Waals surface area contributed by atoms with Gasteiger partial charge in [0.1, 0.15) is 6.04 Å². The third-order valence-electron chi connectivity index (χ3n) is 4.95. The van der Waals surface area contributed by atoms with Crippen LogP contribution in [0.3, 0.4) is 0 Å². The highest BCUT2D eigenvalue weighted by atomic mass is 19.4. The van der Waals surface area contributed by atoms with Crippen molar-refractivity contribution in [1.29, 1.82) is 0 Å². The first-order chi connectivity index (χ1) is 13.6. The average molecular weight is 410 g/mol. The molecule has 1 aliphatic rings. The predicted molar refractivity (Wildman–Crippen MR) is 97.2 cm³/mol. The lowest BCUT2D eigenvalue weighted by Gasteiger charge is -2.36. The van der Waals surface area contributed by atoms with Crippen molar-refractivity contribution < 1.29 is 27.9 Å². The Morgan fingerprint density at radius 1 is 1.21 bits per heavy atom. The van der Waals surface area contributed by atoms with E-state index in [1.807, 2.05) is 4.90 Å². The summed E-state index contributed by atoms with van der Waals surface area (Å²) in [6, 6.07) is 4.61. The molecule has 1 saturated heterocycles. The van der Waals surface area contributed by atoms with Crippen LogP contribution in [0, 0.1) is 0 Å². The quantitative estimate of drug-likeness (QED) is 0.820. The number of aromatic carboxylic acids is 1. The molecule has 1 fully saturated rings. The van der Waals surface area contributed by atoms with Crippen LogP contribution in [-0.4, -0.2) is 62.7 Å². The number of aromatic nitrogens is 2. The number of amides is 1. The molecule has 1 aliphatic heterocycles. The van der Waals surface area contributed by atoms with Gasteiger partial charge in [0, 0.05) is 38.9 Å². The van der Waals surface area contributed by atoms with E-state index < -0.39 is 23.8 Å². The molecule has 0 saturated carbocycles. The van der Waals surface area contributed by atoms with Crippen molar-refractivity contribution in [2.75, 3.05) is 26.2 Å². The molecule has 0 spiro atoms. The third kappa shape index (κ3) is 4.94. The molecule has 1 amide bonds. The highest BCUT2D eigenvalue weighted by Crippen LogP contribution is 2.29. The standard InChI is InChI=1S/C19H21F3N4O3/c1-13(26-12-15(10-23-26)18(28)29)17(27)25-7-5-24(6-8-25)11-14-3-2-4-16(9-14)19(20,21)22/h2-4,9-10,12-13H,5-8,11H2,1H3,(H,28,29). The number of carboxylic acid groups (broad SMARTS) is 1. The fourth-order valence-corrected chi connectivity index (χ4v) is 3.27. The first-order valence-electron chi connectivity index (χ1n) is 9.10. The summed E-state index contributed by atoms with van der Waals surface area (Å²) in [7, 11) is 0. The van der Waals surface area contributed by atoms with Crippen molar-refractivity contribution in [2.45, 2.75) is 25.7 Å². The lowest BCUT2D eigenvalue weighted by molar-refractivity contribution is -0.138. The van der Waals surface area contributed by atoms with Gasteiger partial charge in [-0.25, -0.2) is 4.79 Å². The van der Waals surface area contributed by atoms with Crippen LogP contribution in [0.2, 0.25) is 0 Å². The zero-order valence-electron chi connectivity index (χ0n) is 15.8. The summed E-state index contributed by atoms with van der Waals surface area (Å²) in [6.07, 6.45) is -1.86. The summed E-state index contributed by atoms with van der Waals surface area (Å²) in [6.45, 7) is 3.98. The van der Waals surface area contributed by atoms with Gasteiger partial charge < -0.3 is 10.0 Å². The molecule has 156 valence electrons. The Hall–Kier alpha value is -2.88. The van der Waals surface area contributed by atoms with Gasteiger partial charge in [-0.1, -0.05) is 18.2 Å². The number of nitrogens with zero attached hydrogens (tertiary/aromatic N) is 4. The number of rotatable bonds is 5. The van der Waals surface area contributed by atoms with Gasteiger partial charge in [0.2, 0.25) is 5.91 Å². The molecule has 10 heteroatoms. The maximum Gasteiger partial charge on any atom is 0.416 e. The highest BCUT2D eigenvalue weighted by molar-refractivity contribution is 5.87. The van der Waals surface area contributed by atoms with Crippen molar-refractivity contribution in [2.24, 2.45) is 0 Å². The number of carbonyl (C=O) groups excluding carboxylic acids is 1. The van der Waals surface area contributed by atoms with Gasteiger partial charge in [-0.15, -0.1) is 0 Å². The molecule has 29 heavy (non-hydrogen) atoms. The molecule has 0 radical (unpaired) electrons. The zero-order valence-corrected chi connectivity index (χ0v) is 15.8. The van der Waals surface area contributed by atoms with Crippen LogP contribution < -0.4 is 0 Å². The van der Waals surface area contributed by atoms with E-state index in [1.54, 1.807) is 17.9 Å². The van der Waals surface area contributed by atoms with E-state index in [2.05, 4.69) is 5.10 Å². The number of benzene rings is 1. The zero-order chi connectivity index (χ0) is 21.2. The normalized spacial score (nSPS) is 16.6. The van der Waals surface area contributed by atoms with Crippen LogP contribution in [0.5, 0.6) is 0 Å². The van der Waals surface area contributed by atoms with E-state index in [-0.39, 0.29) is 11.5 Å². The van der Waals surface area contributed by atoms with Crippen molar-refractivity contribution in [3.05, 3.63) is 53.3 Å². The molecule has 7 nitrogen and oxygen atoms in total. The number of carboxylic acids is 1. The summed E-state index contributed by atoms with van der Waals surface area (Å²) in [4.78, 5) is 27.3. The molecule has 1 atom stereocenters. The van der Waals surface area contributed by atoms with Crippen molar-refractivity contribution in [3.63, 3.8) is 0 Å². The van der Waals surface area contributed by atoms with Crippen LogP contribution >= 0.6 is 0 Å². The Kier molecular flexibility index (Phi) is 5.92. The van der Waals surface area contributed by atoms with Crippen LogP contribution in [0.1, 0.15) is 34.5 Å². The molecule has 1 aromatic carbocycles. The summed E-state index contributed by atoms with van der Waals surface area (Å²) in [5.41, 5.74) is -0.0844. The second kappa shape index (κ2) is 8.24. The summed E-state index contributed by atoms with van der Waals surface area (Å²) in [5, 5.41) is 12.9. The largest absolute Gasteiger partial charge is 0.478 e. The Labute approximate surface area is 165 Å². The van der Waals surface area contributed by atoms with Gasteiger partial charge in [-0.2, -0.15) is 18.3 Å². The number of piperazine rings is 1. The lowest BCUT2D eigenvalue weighted by Crippen LogP contribution is -2.50. The fourth-order valence-electron chi connectivity index (χ4n) is 3.27. The van der Waals surface area contributed by atoms with Gasteiger partial charge in [0.15, 0.2) is 0 Å². The fraction of sp³-hybridized carbons (Fsp3) is 0.421. The number of carbonyl (C=O) groups is 2. The minimum absolute atomic E-state index is 0.00977. The van der Waals surface area contributed by atoms with E-state index >= 15 is 0 Å². The monoisotopic (exact) mass is 410 g/mol. The summed E-state index contributed by atoms with van der Waals surface area (Å²) >= 11 is 0. The summed E-state index contributed by atoms with van der Waals surface area (Å²) in [5.74, 6) is -1.29. The van der Waals surface area contributed by atoms with Gasteiger partial charge in [-0.05, 0) is 18.6 Å². The number of hydrogen-bond acceptors (Lipinski definition) is 4. The molecule has 0 aliphatic carbocycles. The topological polar surface area (TPSA) is 78.7 Å². The molecule has 0 bridgehead atoms. The minimum atomic E-state index is -4.37. The Balaban J connectivity index is 1.56. The minimum Gasteiger partial charge on any atom is -0.478 e. The predicted octanol–water partition coefficient (Wildman–Crippen LogP) is 2.51. The first kappa shape index (κ1) is 20.8. The number of halogens is 3. The lowest BCUT2D eigenvalue weighted by atomic mass is 10.1. The van der Waals surface area contributed by atoms with E-state index in [4.69, 9.17) is 5.11 Å². The van der Waals surface area contributed by atoms with E-state index in [9.17, 15) is 22.8 Å². The van der Waals surface area contributed by atoms with Crippen LogP contribution in [0.15, 0.2) is 36.7 Å². The number of alkyl halides is 3. The maximum absolute atomic E-state index is 12.9. The second-order valence-corrected chi connectivity index (χ2v) is 6.99. The molecule has 1 aromatic heterocycles. The molecular weight excluding hydrogens is 389 g/mol. The molecule has 2 aromatic rings. The smallest absolute Gasteiger partial charge is 0.416 e. The molecule has 3 rings (SSSR count). The second-order valence-electron chi connectivity index (χ2n) is 6.99. The Morgan fingerprint density at radius 2 is 1.90 bits per heavy atom. The third-order valence-corrected chi connectivity index (χ3v) is 4.95. The van der Waals surface area contributed by atoms with Gasteiger partial charge in [0.25, 0.3) is 0 Å². The van der Waals surface area contributed by atoms with Gasteiger partial charge >= 0.3 is 12.1 Å². The van der Waals surface area contributed by atoms with Crippen LogP contribution in [0.4, 0.5) is 13.2 Å². The van der Waals surface area contributed by atoms with Gasteiger partial charge in [0.05, 0.1) is 17.3 Å². The van der Waals surface area contributed by atoms with Crippen LogP contribution in [-0.2, 0) is 17.5 Å². The van der Waals surface area contributed by atoms with Gasteiger partial charge in [-0.3, -0.25) is 14.4 Å². The molecule has 1 unspecified atom stereocenters. The van der Waals surface area contributed by atoms with Crippen molar-refractivity contribution in [3.8, 4) is 0 Å². The molecule has 1 N–H and O–H groups in total. The average Bonchev–Trinajstić information content (AvgIpc) is 3.17. The molecular formula is C19H21F3N4O3. The summed E-state index contributed by atoms with van der Waals surface area (Å²) < 4.78 is 39.9. The maximum atomic E-state index is 12.9. The Bertz CT molecular complexity index is 889. The van der Waals surface area contributed by atoms with Crippen LogP contribution in [0.25, 0.3) is 0 Å². The van der Waals surface area contributed by atoms with E-state index in [0.717, 1.165) is 12.1 Å². The van der Waals surface area contributed by atoms with E-state index in [0.29, 0.717) is 38.3 Å².